The molecule has 1 aromatic carbocycles. The fourth-order valence-electron chi connectivity index (χ4n) is 2.42. The van der Waals surface area contributed by atoms with Crippen LogP contribution in [0.5, 0.6) is 0 Å². The standard InChI is InChI=1S/C14H16BrN3/c15-12-3-5-14(6-4-12)18-10-11(9-17-18)8-13-2-1-7-16-13/h3-6,9-10,13,16H,1-2,7-8H2. The molecule has 0 radical (unpaired) electrons. The Morgan fingerprint density at radius 1 is 1.33 bits per heavy atom. The van der Waals surface area contributed by atoms with Crippen molar-refractivity contribution < 1.29 is 0 Å². The molecule has 0 saturated carbocycles. The molecule has 1 atom stereocenters. The molecule has 1 aliphatic heterocycles. The van der Waals surface area contributed by atoms with Crippen molar-refractivity contribution in [3.05, 3.63) is 46.7 Å². The number of hydrogen-bond acceptors (Lipinski definition) is 2. The Bertz CT molecular complexity index is 512. The quantitative estimate of drug-likeness (QED) is 0.945. The lowest BCUT2D eigenvalue weighted by atomic mass is 10.1. The monoisotopic (exact) mass is 305 g/mol. The summed E-state index contributed by atoms with van der Waals surface area (Å²) in [4.78, 5) is 0. The zero-order valence-corrected chi connectivity index (χ0v) is 11.7. The third-order valence-electron chi connectivity index (χ3n) is 3.37. The van der Waals surface area contributed by atoms with E-state index >= 15 is 0 Å². The van der Waals surface area contributed by atoms with E-state index in [4.69, 9.17) is 0 Å². The Labute approximate surface area is 115 Å². The topological polar surface area (TPSA) is 29.9 Å². The number of benzene rings is 1. The Morgan fingerprint density at radius 3 is 2.89 bits per heavy atom. The minimum Gasteiger partial charge on any atom is -0.314 e. The van der Waals surface area contributed by atoms with Crippen molar-refractivity contribution in [3.63, 3.8) is 0 Å². The normalized spacial score (nSPS) is 19.3. The highest BCUT2D eigenvalue weighted by Gasteiger charge is 2.15. The van der Waals surface area contributed by atoms with Crippen molar-refractivity contribution in [2.75, 3.05) is 6.54 Å². The van der Waals surface area contributed by atoms with E-state index in [1.807, 2.05) is 23.0 Å². The summed E-state index contributed by atoms with van der Waals surface area (Å²) >= 11 is 3.44. The zero-order chi connectivity index (χ0) is 12.4. The first-order chi connectivity index (χ1) is 8.81. The van der Waals surface area contributed by atoms with E-state index in [9.17, 15) is 0 Å². The summed E-state index contributed by atoms with van der Waals surface area (Å²) in [6, 6.07) is 8.83. The molecule has 1 aromatic heterocycles. The molecule has 0 aliphatic carbocycles. The van der Waals surface area contributed by atoms with Crippen molar-refractivity contribution in [2.45, 2.75) is 25.3 Å². The van der Waals surface area contributed by atoms with Gasteiger partial charge in [0.1, 0.15) is 0 Å². The van der Waals surface area contributed by atoms with Gasteiger partial charge in [0.2, 0.25) is 0 Å². The van der Waals surface area contributed by atoms with Gasteiger partial charge in [-0.05, 0) is 55.6 Å². The molecular weight excluding hydrogens is 290 g/mol. The van der Waals surface area contributed by atoms with Gasteiger partial charge in [-0.3, -0.25) is 0 Å². The van der Waals surface area contributed by atoms with Gasteiger partial charge in [0.15, 0.2) is 0 Å². The van der Waals surface area contributed by atoms with Gasteiger partial charge in [0, 0.05) is 16.7 Å². The van der Waals surface area contributed by atoms with Crippen LogP contribution in [0.2, 0.25) is 0 Å². The summed E-state index contributed by atoms with van der Waals surface area (Å²) < 4.78 is 3.03. The van der Waals surface area contributed by atoms with E-state index in [1.54, 1.807) is 0 Å². The molecule has 3 nitrogen and oxygen atoms in total. The Morgan fingerprint density at radius 2 is 2.17 bits per heavy atom. The van der Waals surface area contributed by atoms with Gasteiger partial charge in [-0.1, -0.05) is 15.9 Å². The maximum Gasteiger partial charge on any atom is 0.0646 e. The zero-order valence-electron chi connectivity index (χ0n) is 10.1. The minimum absolute atomic E-state index is 0.632. The lowest BCUT2D eigenvalue weighted by Crippen LogP contribution is -2.23. The first-order valence-electron chi connectivity index (χ1n) is 6.34. The highest BCUT2D eigenvalue weighted by atomic mass is 79.9. The summed E-state index contributed by atoms with van der Waals surface area (Å²) in [5, 5.41) is 7.95. The van der Waals surface area contributed by atoms with E-state index in [-0.39, 0.29) is 0 Å². The molecule has 1 fully saturated rings. The first kappa shape index (κ1) is 11.9. The molecule has 2 heterocycles. The molecule has 1 saturated heterocycles. The number of hydrogen-bond donors (Lipinski definition) is 1. The van der Waals surface area contributed by atoms with Gasteiger partial charge < -0.3 is 5.32 Å². The summed E-state index contributed by atoms with van der Waals surface area (Å²) in [6.07, 6.45) is 7.76. The van der Waals surface area contributed by atoms with Crippen LogP contribution in [0, 0.1) is 0 Å². The molecule has 0 amide bonds. The van der Waals surface area contributed by atoms with Crippen LogP contribution >= 0.6 is 15.9 Å². The second-order valence-electron chi connectivity index (χ2n) is 4.77. The summed E-state index contributed by atoms with van der Waals surface area (Å²) in [6.45, 7) is 1.16. The van der Waals surface area contributed by atoms with E-state index in [1.165, 1.54) is 18.4 Å². The summed E-state index contributed by atoms with van der Waals surface area (Å²) in [5.41, 5.74) is 2.40. The van der Waals surface area contributed by atoms with E-state index < -0.39 is 0 Å². The lowest BCUT2D eigenvalue weighted by molar-refractivity contribution is 0.603. The fourth-order valence-corrected chi connectivity index (χ4v) is 2.68. The average molecular weight is 306 g/mol. The van der Waals surface area contributed by atoms with Gasteiger partial charge in [-0.15, -0.1) is 0 Å². The summed E-state index contributed by atoms with van der Waals surface area (Å²) in [5.74, 6) is 0. The number of halogens is 1. The maximum absolute atomic E-state index is 4.43. The van der Waals surface area contributed by atoms with E-state index in [0.717, 1.165) is 23.1 Å². The average Bonchev–Trinajstić information content (AvgIpc) is 3.02. The van der Waals surface area contributed by atoms with Crippen LogP contribution in [0.25, 0.3) is 5.69 Å². The highest BCUT2D eigenvalue weighted by Crippen LogP contribution is 2.16. The first-order valence-corrected chi connectivity index (χ1v) is 7.13. The Hall–Kier alpha value is -1.13. The van der Waals surface area contributed by atoms with Gasteiger partial charge in [-0.2, -0.15) is 5.10 Å². The van der Waals surface area contributed by atoms with Crippen LogP contribution in [-0.2, 0) is 6.42 Å². The third-order valence-corrected chi connectivity index (χ3v) is 3.90. The van der Waals surface area contributed by atoms with Gasteiger partial charge in [0.25, 0.3) is 0 Å². The Balaban J connectivity index is 1.74. The SMILES string of the molecule is Brc1ccc(-n2cc(CC3CCCN3)cn2)cc1. The van der Waals surface area contributed by atoms with Crippen LogP contribution in [-0.4, -0.2) is 22.4 Å². The van der Waals surface area contributed by atoms with Gasteiger partial charge in [0.05, 0.1) is 11.9 Å². The van der Waals surface area contributed by atoms with Crippen LogP contribution < -0.4 is 5.32 Å². The molecule has 0 bridgehead atoms. The second-order valence-corrected chi connectivity index (χ2v) is 5.68. The predicted octanol–water partition coefficient (Wildman–Crippen LogP) is 2.93. The predicted molar refractivity (Wildman–Crippen MR) is 76.0 cm³/mol. The fraction of sp³-hybridized carbons (Fsp3) is 0.357. The van der Waals surface area contributed by atoms with Crippen LogP contribution in [0.15, 0.2) is 41.1 Å². The molecule has 1 N–H and O–H groups in total. The van der Waals surface area contributed by atoms with E-state index in [0.29, 0.717) is 6.04 Å². The van der Waals surface area contributed by atoms with E-state index in [2.05, 4.69) is 44.7 Å². The number of aromatic nitrogens is 2. The molecule has 1 unspecified atom stereocenters. The van der Waals surface area contributed by atoms with Gasteiger partial charge >= 0.3 is 0 Å². The number of nitrogens with zero attached hydrogens (tertiary/aromatic N) is 2. The van der Waals surface area contributed by atoms with Crippen molar-refractivity contribution >= 4 is 15.9 Å². The molecule has 3 rings (SSSR count). The molecule has 4 heteroatoms. The molecular formula is C14H16BrN3. The smallest absolute Gasteiger partial charge is 0.0646 e. The van der Waals surface area contributed by atoms with Crippen LogP contribution in [0.1, 0.15) is 18.4 Å². The van der Waals surface area contributed by atoms with Crippen molar-refractivity contribution in [1.82, 2.24) is 15.1 Å². The number of rotatable bonds is 3. The highest BCUT2D eigenvalue weighted by molar-refractivity contribution is 9.10. The minimum atomic E-state index is 0.632. The second kappa shape index (κ2) is 5.24. The lowest BCUT2D eigenvalue weighted by Gasteiger charge is -2.07. The summed E-state index contributed by atoms with van der Waals surface area (Å²) in [7, 11) is 0. The van der Waals surface area contributed by atoms with Crippen molar-refractivity contribution in [1.29, 1.82) is 0 Å². The van der Waals surface area contributed by atoms with Crippen LogP contribution in [0.3, 0.4) is 0 Å². The van der Waals surface area contributed by atoms with Crippen molar-refractivity contribution in [2.24, 2.45) is 0 Å². The molecule has 1 aliphatic rings. The Kier molecular flexibility index (Phi) is 3.48. The molecule has 0 spiro atoms. The number of nitrogens with one attached hydrogen (secondary N) is 1. The van der Waals surface area contributed by atoms with Gasteiger partial charge in [-0.25, -0.2) is 4.68 Å². The van der Waals surface area contributed by atoms with Crippen LogP contribution in [0.4, 0.5) is 0 Å². The van der Waals surface area contributed by atoms with Crippen molar-refractivity contribution in [3.8, 4) is 5.69 Å². The third kappa shape index (κ3) is 2.65. The maximum atomic E-state index is 4.43. The molecule has 94 valence electrons. The largest absolute Gasteiger partial charge is 0.314 e. The molecule has 2 aromatic rings. The molecule has 18 heavy (non-hydrogen) atoms.